The van der Waals surface area contributed by atoms with Gasteiger partial charge in [0.05, 0.1) is 30.8 Å². The number of amides is 2. The Morgan fingerprint density at radius 1 is 0.829 bits per heavy atom. The Balaban J connectivity index is 1.30. The quantitative estimate of drug-likeness (QED) is 0.487. The number of hydrogen-bond donors (Lipinski definition) is 0. The number of hydrogen-bond acceptors (Lipinski definition) is 5. The van der Waals surface area contributed by atoms with Gasteiger partial charge in [0, 0.05) is 32.2 Å². The van der Waals surface area contributed by atoms with Crippen molar-refractivity contribution in [3.8, 4) is 5.75 Å². The van der Waals surface area contributed by atoms with E-state index in [1.165, 1.54) is 16.0 Å². The van der Waals surface area contributed by atoms with E-state index in [9.17, 15) is 9.59 Å². The first-order valence-electron chi connectivity index (χ1n) is 12.3. The molecule has 0 spiro atoms. The van der Waals surface area contributed by atoms with Gasteiger partial charge in [-0.05, 0) is 30.2 Å². The van der Waals surface area contributed by atoms with Crippen LogP contribution >= 0.6 is 0 Å². The Kier molecular flexibility index (Phi) is 6.93. The van der Waals surface area contributed by atoms with Crippen molar-refractivity contribution in [3.05, 3.63) is 96.1 Å². The summed E-state index contributed by atoms with van der Waals surface area (Å²) in [7, 11) is 0. The lowest BCUT2D eigenvalue weighted by Crippen LogP contribution is -2.53. The molecule has 3 aromatic carbocycles. The summed E-state index contributed by atoms with van der Waals surface area (Å²) in [5.74, 6) is 0.373. The van der Waals surface area contributed by atoms with Gasteiger partial charge in [-0.25, -0.2) is 4.90 Å². The minimum absolute atomic E-state index is 0.139. The molecule has 5 rings (SSSR count). The van der Waals surface area contributed by atoms with Crippen LogP contribution in [0.3, 0.4) is 0 Å². The predicted octanol–water partition coefficient (Wildman–Crippen LogP) is 4.12. The lowest BCUT2D eigenvalue weighted by Gasteiger charge is -2.41. The molecule has 0 aliphatic carbocycles. The number of imide groups is 1. The Morgan fingerprint density at radius 2 is 1.46 bits per heavy atom. The zero-order valence-corrected chi connectivity index (χ0v) is 20.0. The molecule has 2 fully saturated rings. The highest BCUT2D eigenvalue weighted by Gasteiger charge is 2.43. The van der Waals surface area contributed by atoms with Crippen molar-refractivity contribution in [1.82, 2.24) is 9.80 Å². The van der Waals surface area contributed by atoms with E-state index in [1.807, 2.05) is 31.2 Å². The highest BCUT2D eigenvalue weighted by molar-refractivity contribution is 6.22. The Morgan fingerprint density at radius 3 is 2.06 bits per heavy atom. The fourth-order valence-corrected chi connectivity index (χ4v) is 5.24. The van der Waals surface area contributed by atoms with Gasteiger partial charge in [-0.1, -0.05) is 66.7 Å². The summed E-state index contributed by atoms with van der Waals surface area (Å²) in [6, 6.07) is 28.1. The van der Waals surface area contributed by atoms with Crippen LogP contribution < -0.4 is 9.64 Å². The molecule has 0 N–H and O–H groups in total. The first kappa shape index (κ1) is 23.3. The summed E-state index contributed by atoms with van der Waals surface area (Å²) < 4.78 is 5.56. The van der Waals surface area contributed by atoms with Crippen molar-refractivity contribution in [1.29, 1.82) is 0 Å². The van der Waals surface area contributed by atoms with E-state index in [0.29, 0.717) is 18.0 Å². The molecule has 180 valence electrons. The molecule has 1 atom stereocenters. The van der Waals surface area contributed by atoms with Crippen molar-refractivity contribution in [3.63, 3.8) is 0 Å². The third-order valence-electron chi connectivity index (χ3n) is 6.90. The molecule has 6 heteroatoms. The largest absolute Gasteiger partial charge is 0.494 e. The van der Waals surface area contributed by atoms with Crippen LogP contribution in [0, 0.1) is 0 Å². The zero-order valence-electron chi connectivity index (χ0n) is 20.0. The summed E-state index contributed by atoms with van der Waals surface area (Å²) in [5.41, 5.74) is 3.11. The van der Waals surface area contributed by atoms with Gasteiger partial charge in [0.2, 0.25) is 5.91 Å². The molecule has 2 aliphatic rings. The van der Waals surface area contributed by atoms with E-state index in [1.54, 1.807) is 12.1 Å². The molecule has 0 saturated carbocycles. The maximum Gasteiger partial charge on any atom is 0.251 e. The molecule has 3 aromatic rings. The number of carbonyl (C=O) groups is 2. The second-order valence-electron chi connectivity index (χ2n) is 9.01. The van der Waals surface area contributed by atoms with Crippen molar-refractivity contribution >= 4 is 17.5 Å². The van der Waals surface area contributed by atoms with Gasteiger partial charge >= 0.3 is 0 Å². The van der Waals surface area contributed by atoms with Crippen LogP contribution in [0.2, 0.25) is 0 Å². The van der Waals surface area contributed by atoms with Gasteiger partial charge in [-0.15, -0.1) is 0 Å². The zero-order chi connectivity index (χ0) is 24.2. The van der Waals surface area contributed by atoms with Gasteiger partial charge in [-0.3, -0.25) is 19.4 Å². The number of anilines is 1. The SMILES string of the molecule is CCOc1cccc(N2C(=O)C[C@H](N3CCN(C(c4ccccc4)c4ccccc4)CC3)C2=O)c1. The minimum atomic E-state index is -0.410. The summed E-state index contributed by atoms with van der Waals surface area (Å²) in [6.07, 6.45) is 0.221. The molecule has 2 heterocycles. The average molecular weight is 470 g/mol. The van der Waals surface area contributed by atoms with Gasteiger partial charge in [-0.2, -0.15) is 0 Å². The summed E-state index contributed by atoms with van der Waals surface area (Å²) in [5, 5.41) is 0. The first-order chi connectivity index (χ1) is 17.2. The summed E-state index contributed by atoms with van der Waals surface area (Å²) in [4.78, 5) is 32.2. The molecule has 35 heavy (non-hydrogen) atoms. The van der Waals surface area contributed by atoms with Crippen LogP contribution in [0.4, 0.5) is 5.69 Å². The Labute approximate surface area is 206 Å². The second-order valence-corrected chi connectivity index (χ2v) is 9.01. The van der Waals surface area contributed by atoms with E-state index in [4.69, 9.17) is 4.74 Å². The lowest BCUT2D eigenvalue weighted by molar-refractivity contribution is -0.123. The van der Waals surface area contributed by atoms with Gasteiger partial charge < -0.3 is 4.74 Å². The van der Waals surface area contributed by atoms with E-state index in [0.717, 1.165) is 26.2 Å². The van der Waals surface area contributed by atoms with Crippen LogP contribution in [-0.4, -0.2) is 60.4 Å². The fraction of sp³-hybridized carbons (Fsp3) is 0.310. The molecule has 2 amide bonds. The van der Waals surface area contributed by atoms with E-state index < -0.39 is 6.04 Å². The molecule has 6 nitrogen and oxygen atoms in total. The predicted molar refractivity (Wildman–Crippen MR) is 136 cm³/mol. The third kappa shape index (κ3) is 4.85. The lowest BCUT2D eigenvalue weighted by atomic mass is 9.96. The highest BCUT2D eigenvalue weighted by Crippen LogP contribution is 2.32. The van der Waals surface area contributed by atoms with Crippen LogP contribution in [-0.2, 0) is 9.59 Å². The van der Waals surface area contributed by atoms with E-state index >= 15 is 0 Å². The number of piperazine rings is 1. The molecule has 0 unspecified atom stereocenters. The number of nitrogens with zero attached hydrogens (tertiary/aromatic N) is 3. The summed E-state index contributed by atoms with van der Waals surface area (Å²) >= 11 is 0. The number of ether oxygens (including phenoxy) is 1. The maximum atomic E-state index is 13.4. The highest BCUT2D eigenvalue weighted by atomic mass is 16.5. The molecule has 0 bridgehead atoms. The number of carbonyl (C=O) groups excluding carboxylic acids is 2. The van der Waals surface area contributed by atoms with Crippen molar-refractivity contribution in [2.45, 2.75) is 25.4 Å². The van der Waals surface area contributed by atoms with E-state index in [2.05, 4.69) is 58.3 Å². The molecule has 2 aliphatic heterocycles. The normalized spacial score (nSPS) is 19.5. The molecule has 2 saturated heterocycles. The molecule has 0 aromatic heterocycles. The van der Waals surface area contributed by atoms with Crippen molar-refractivity contribution in [2.24, 2.45) is 0 Å². The van der Waals surface area contributed by atoms with Crippen molar-refractivity contribution < 1.29 is 14.3 Å². The molecule has 0 radical (unpaired) electrons. The van der Waals surface area contributed by atoms with Crippen LogP contribution in [0.15, 0.2) is 84.9 Å². The van der Waals surface area contributed by atoms with Crippen LogP contribution in [0.25, 0.3) is 0 Å². The topological polar surface area (TPSA) is 53.1 Å². The number of rotatable bonds is 7. The van der Waals surface area contributed by atoms with E-state index in [-0.39, 0.29) is 24.3 Å². The van der Waals surface area contributed by atoms with Gasteiger partial charge in [0.15, 0.2) is 0 Å². The van der Waals surface area contributed by atoms with Crippen molar-refractivity contribution in [2.75, 3.05) is 37.7 Å². The molecular formula is C29H31N3O3. The average Bonchev–Trinajstić information content (AvgIpc) is 3.20. The second kappa shape index (κ2) is 10.4. The standard InChI is InChI=1S/C29H31N3O3/c1-2-35-25-15-9-14-24(20-25)32-27(33)21-26(29(32)34)30-16-18-31(19-17-30)28(22-10-5-3-6-11-22)23-12-7-4-8-13-23/h3-15,20,26,28H,2,16-19,21H2,1H3/t26-/m0/s1. The third-order valence-corrected chi connectivity index (χ3v) is 6.90. The molecular weight excluding hydrogens is 438 g/mol. The summed E-state index contributed by atoms with van der Waals surface area (Å²) in [6.45, 7) is 5.58. The van der Waals surface area contributed by atoms with Gasteiger partial charge in [0.1, 0.15) is 5.75 Å². The van der Waals surface area contributed by atoms with Gasteiger partial charge in [0.25, 0.3) is 5.91 Å². The Hall–Kier alpha value is -3.48. The fourth-order valence-electron chi connectivity index (χ4n) is 5.24. The monoisotopic (exact) mass is 469 g/mol. The first-order valence-corrected chi connectivity index (χ1v) is 12.3. The number of benzene rings is 3. The Bertz CT molecular complexity index is 1120. The minimum Gasteiger partial charge on any atom is -0.494 e. The van der Waals surface area contributed by atoms with Crippen LogP contribution in [0.1, 0.15) is 30.5 Å². The smallest absolute Gasteiger partial charge is 0.251 e. The maximum absolute atomic E-state index is 13.4. The van der Waals surface area contributed by atoms with Crippen LogP contribution in [0.5, 0.6) is 5.75 Å².